The van der Waals surface area contributed by atoms with Crippen LogP contribution in [0.4, 0.5) is 11.4 Å². The fraction of sp³-hybridized carbons (Fsp3) is 0.600. The summed E-state index contributed by atoms with van der Waals surface area (Å²) in [7, 11) is 0. The molecule has 20 heavy (non-hydrogen) atoms. The molecule has 0 spiro atoms. The van der Waals surface area contributed by atoms with Crippen LogP contribution in [0.15, 0.2) is 18.2 Å². The van der Waals surface area contributed by atoms with E-state index in [1.54, 1.807) is 19.1 Å². The minimum absolute atomic E-state index is 0.103. The Labute approximate surface area is 119 Å². The third kappa shape index (κ3) is 3.28. The van der Waals surface area contributed by atoms with Crippen molar-refractivity contribution >= 4 is 11.4 Å². The molecule has 0 unspecified atom stereocenters. The molecule has 0 aliphatic heterocycles. The van der Waals surface area contributed by atoms with Crippen molar-refractivity contribution in [2.75, 3.05) is 11.4 Å². The van der Waals surface area contributed by atoms with E-state index in [9.17, 15) is 15.2 Å². The van der Waals surface area contributed by atoms with Crippen molar-refractivity contribution in [1.82, 2.24) is 0 Å². The maximum atomic E-state index is 11.3. The van der Waals surface area contributed by atoms with Gasteiger partial charge in [0, 0.05) is 18.7 Å². The van der Waals surface area contributed by atoms with Gasteiger partial charge in [0.05, 0.1) is 11.0 Å². The van der Waals surface area contributed by atoms with Gasteiger partial charge in [0.1, 0.15) is 5.69 Å². The van der Waals surface area contributed by atoms with Crippen LogP contribution in [0.25, 0.3) is 0 Å². The number of nitro groups is 1. The first-order valence-corrected chi connectivity index (χ1v) is 7.27. The molecule has 1 aliphatic carbocycles. The standard InChI is InChI=1S/C15H22N2O3/c1-3-4-9-16(13-6-7-13)14-8-5-12(11(2)18)10-15(14)17(19)20/h5,8,10-11,13,18H,3-4,6-7,9H2,1-2H3/t11-/m0/s1. The van der Waals surface area contributed by atoms with E-state index in [0.717, 1.165) is 32.2 Å². The zero-order valence-electron chi connectivity index (χ0n) is 12.1. The molecule has 2 rings (SSSR count). The number of nitrogens with zero attached hydrogens (tertiary/aromatic N) is 2. The predicted octanol–water partition coefficient (Wildman–Crippen LogP) is 3.42. The molecule has 5 heteroatoms. The fourth-order valence-corrected chi connectivity index (χ4v) is 2.40. The molecule has 0 aromatic heterocycles. The lowest BCUT2D eigenvalue weighted by molar-refractivity contribution is -0.384. The molecule has 0 amide bonds. The molecule has 1 N–H and O–H groups in total. The van der Waals surface area contributed by atoms with Crippen LogP contribution >= 0.6 is 0 Å². The lowest BCUT2D eigenvalue weighted by atomic mass is 10.1. The number of hydrogen-bond donors (Lipinski definition) is 1. The molecule has 1 fully saturated rings. The van der Waals surface area contributed by atoms with Gasteiger partial charge in [-0.05, 0) is 37.8 Å². The monoisotopic (exact) mass is 278 g/mol. The highest BCUT2D eigenvalue weighted by atomic mass is 16.6. The van der Waals surface area contributed by atoms with Crippen LogP contribution in [0.3, 0.4) is 0 Å². The Bertz CT molecular complexity index is 484. The number of anilines is 1. The highest BCUT2D eigenvalue weighted by molar-refractivity contribution is 5.65. The van der Waals surface area contributed by atoms with Crippen molar-refractivity contribution < 1.29 is 10.0 Å². The van der Waals surface area contributed by atoms with Crippen LogP contribution in [0.5, 0.6) is 0 Å². The lowest BCUT2D eigenvalue weighted by Gasteiger charge is -2.24. The van der Waals surface area contributed by atoms with E-state index < -0.39 is 6.10 Å². The van der Waals surface area contributed by atoms with Crippen molar-refractivity contribution in [2.24, 2.45) is 0 Å². The van der Waals surface area contributed by atoms with Crippen molar-refractivity contribution in [3.8, 4) is 0 Å². The zero-order valence-corrected chi connectivity index (χ0v) is 12.1. The molecule has 0 heterocycles. The van der Waals surface area contributed by atoms with Crippen LogP contribution in [0.2, 0.25) is 0 Å². The summed E-state index contributed by atoms with van der Waals surface area (Å²) in [6, 6.07) is 5.52. The molecule has 1 aromatic rings. The predicted molar refractivity (Wildman–Crippen MR) is 79.0 cm³/mol. The molecule has 0 bridgehead atoms. The van der Waals surface area contributed by atoms with E-state index >= 15 is 0 Å². The second-order valence-electron chi connectivity index (χ2n) is 5.46. The molecule has 1 saturated carbocycles. The smallest absolute Gasteiger partial charge is 0.292 e. The third-order valence-electron chi connectivity index (χ3n) is 3.73. The molecule has 0 radical (unpaired) electrons. The van der Waals surface area contributed by atoms with Gasteiger partial charge in [0.15, 0.2) is 0 Å². The molecular formula is C15H22N2O3. The van der Waals surface area contributed by atoms with Crippen LogP contribution in [0.1, 0.15) is 51.2 Å². The maximum Gasteiger partial charge on any atom is 0.292 e. The Hall–Kier alpha value is -1.62. The number of nitro benzene ring substituents is 1. The zero-order chi connectivity index (χ0) is 14.7. The second kappa shape index (κ2) is 6.22. The topological polar surface area (TPSA) is 66.6 Å². The fourth-order valence-electron chi connectivity index (χ4n) is 2.40. The Kier molecular flexibility index (Phi) is 4.60. The summed E-state index contributed by atoms with van der Waals surface area (Å²) >= 11 is 0. The lowest BCUT2D eigenvalue weighted by Crippen LogP contribution is -2.27. The minimum atomic E-state index is -0.687. The summed E-state index contributed by atoms with van der Waals surface area (Å²) in [4.78, 5) is 13.1. The van der Waals surface area contributed by atoms with Crippen molar-refractivity contribution in [2.45, 2.75) is 51.7 Å². The number of aliphatic hydroxyl groups is 1. The molecule has 0 saturated heterocycles. The van der Waals surface area contributed by atoms with E-state index in [2.05, 4.69) is 11.8 Å². The van der Waals surface area contributed by atoms with Crippen LogP contribution < -0.4 is 4.90 Å². The Morgan fingerprint density at radius 2 is 2.20 bits per heavy atom. The summed E-state index contributed by atoms with van der Waals surface area (Å²) in [6.45, 7) is 4.60. The quantitative estimate of drug-likeness (QED) is 0.613. The van der Waals surface area contributed by atoms with E-state index in [1.807, 2.05) is 0 Å². The SMILES string of the molecule is CCCCN(c1ccc([C@H](C)O)cc1[N+](=O)[O-])C1CC1. The second-order valence-corrected chi connectivity index (χ2v) is 5.46. The van der Waals surface area contributed by atoms with Gasteiger partial charge in [0.2, 0.25) is 0 Å². The van der Waals surface area contributed by atoms with Gasteiger partial charge < -0.3 is 10.0 Å². The van der Waals surface area contributed by atoms with E-state index in [4.69, 9.17) is 0 Å². The van der Waals surface area contributed by atoms with Crippen LogP contribution in [0, 0.1) is 10.1 Å². The number of aliphatic hydroxyl groups excluding tert-OH is 1. The van der Waals surface area contributed by atoms with E-state index in [-0.39, 0.29) is 10.6 Å². The Balaban J connectivity index is 2.34. The van der Waals surface area contributed by atoms with Gasteiger partial charge in [-0.25, -0.2) is 0 Å². The average Bonchev–Trinajstić information content (AvgIpc) is 3.23. The first-order chi connectivity index (χ1) is 9.54. The third-order valence-corrected chi connectivity index (χ3v) is 3.73. The van der Waals surface area contributed by atoms with E-state index in [1.165, 1.54) is 6.07 Å². The summed E-state index contributed by atoms with van der Waals surface area (Å²) < 4.78 is 0. The number of benzene rings is 1. The molecular weight excluding hydrogens is 256 g/mol. The van der Waals surface area contributed by atoms with Crippen molar-refractivity contribution in [1.29, 1.82) is 0 Å². The maximum absolute atomic E-state index is 11.3. The summed E-state index contributed by atoms with van der Waals surface area (Å²) in [6.07, 6.45) is 3.64. The van der Waals surface area contributed by atoms with Gasteiger partial charge in [-0.2, -0.15) is 0 Å². The Morgan fingerprint density at radius 1 is 1.50 bits per heavy atom. The Morgan fingerprint density at radius 3 is 2.70 bits per heavy atom. The minimum Gasteiger partial charge on any atom is -0.389 e. The largest absolute Gasteiger partial charge is 0.389 e. The summed E-state index contributed by atoms with van der Waals surface area (Å²) in [5, 5.41) is 20.9. The molecule has 1 atom stereocenters. The highest BCUT2D eigenvalue weighted by Gasteiger charge is 2.32. The van der Waals surface area contributed by atoms with Crippen LogP contribution in [-0.4, -0.2) is 22.6 Å². The first-order valence-electron chi connectivity index (χ1n) is 7.27. The number of unbranched alkanes of at least 4 members (excludes halogenated alkanes) is 1. The first kappa shape index (κ1) is 14.8. The van der Waals surface area contributed by atoms with Gasteiger partial charge in [-0.15, -0.1) is 0 Å². The normalized spacial score (nSPS) is 15.9. The molecule has 110 valence electrons. The molecule has 5 nitrogen and oxygen atoms in total. The summed E-state index contributed by atoms with van der Waals surface area (Å²) in [5.74, 6) is 0. The van der Waals surface area contributed by atoms with Crippen LogP contribution in [-0.2, 0) is 0 Å². The average molecular weight is 278 g/mol. The summed E-state index contributed by atoms with van der Waals surface area (Å²) in [5.41, 5.74) is 1.38. The molecule has 1 aromatic carbocycles. The molecule has 1 aliphatic rings. The van der Waals surface area contributed by atoms with Crippen molar-refractivity contribution in [3.05, 3.63) is 33.9 Å². The number of rotatable bonds is 7. The van der Waals surface area contributed by atoms with Gasteiger partial charge in [0.25, 0.3) is 5.69 Å². The van der Waals surface area contributed by atoms with Crippen molar-refractivity contribution in [3.63, 3.8) is 0 Å². The highest BCUT2D eigenvalue weighted by Crippen LogP contribution is 2.38. The van der Waals surface area contributed by atoms with Gasteiger partial charge in [-0.3, -0.25) is 10.1 Å². The van der Waals surface area contributed by atoms with E-state index in [0.29, 0.717) is 17.3 Å². The number of hydrogen-bond acceptors (Lipinski definition) is 4. The van der Waals surface area contributed by atoms with Gasteiger partial charge in [-0.1, -0.05) is 19.4 Å². The van der Waals surface area contributed by atoms with Gasteiger partial charge >= 0.3 is 0 Å².